The molecule has 0 amide bonds. The smallest absolute Gasteiger partial charge is 0.140 e. The summed E-state index contributed by atoms with van der Waals surface area (Å²) in [6.45, 7) is 0. The number of hydrazine groups is 1. The number of hydrogen-bond donors (Lipinski definition) is 4. The summed E-state index contributed by atoms with van der Waals surface area (Å²) in [6, 6.07) is 7.63. The van der Waals surface area contributed by atoms with Gasteiger partial charge in [-0.15, -0.1) is 24.8 Å². The van der Waals surface area contributed by atoms with Crippen LogP contribution in [0.25, 0.3) is 10.9 Å². The minimum atomic E-state index is 0. The summed E-state index contributed by atoms with van der Waals surface area (Å²) in [5.74, 6) is 8.32. The van der Waals surface area contributed by atoms with Crippen molar-refractivity contribution in [3.8, 4) is 5.75 Å². The molecule has 14 heavy (non-hydrogen) atoms. The first kappa shape index (κ1) is 15.5. The summed E-state index contributed by atoms with van der Waals surface area (Å²) in [6.07, 6.45) is 1.59. The molecule has 0 aliphatic rings. The van der Waals surface area contributed by atoms with Gasteiger partial charge in [0, 0.05) is 17.1 Å². The topological polar surface area (TPSA) is 88.1 Å². The van der Waals surface area contributed by atoms with Crippen LogP contribution in [0, 0.1) is 0 Å². The molecule has 0 radical (unpaired) electrons. The average molecular weight is 238 g/mol. The van der Waals surface area contributed by atoms with Crippen molar-refractivity contribution < 1.29 is 5.11 Å². The van der Waals surface area contributed by atoms with E-state index in [2.05, 4.69) is 16.7 Å². The lowest BCUT2D eigenvalue weighted by Gasteiger charge is -1.86. The number of benzene rings is 1. The van der Waals surface area contributed by atoms with Crippen molar-refractivity contribution in [3.05, 3.63) is 30.5 Å². The van der Waals surface area contributed by atoms with Gasteiger partial charge in [-0.2, -0.15) is 0 Å². The minimum absolute atomic E-state index is 0. The lowest BCUT2D eigenvalue weighted by molar-refractivity contribution is 0.481. The van der Waals surface area contributed by atoms with Crippen LogP contribution in [0.15, 0.2) is 30.5 Å². The van der Waals surface area contributed by atoms with Crippen molar-refractivity contribution in [3.63, 3.8) is 0 Å². The maximum absolute atomic E-state index is 9.18. The first-order valence-electron chi connectivity index (χ1n) is 3.46. The maximum Gasteiger partial charge on any atom is 0.140 e. The van der Waals surface area contributed by atoms with Gasteiger partial charge in [0.05, 0.1) is 0 Å². The molecule has 2 aromatic rings. The lowest BCUT2D eigenvalue weighted by atomic mass is 10.2. The van der Waals surface area contributed by atoms with E-state index in [0.717, 1.165) is 10.9 Å². The van der Waals surface area contributed by atoms with E-state index >= 15 is 0 Å². The van der Waals surface area contributed by atoms with Crippen LogP contribution >= 0.6 is 24.8 Å². The molecule has 0 unspecified atom stereocenters. The Balaban J connectivity index is 0. The molecular weight excluding hydrogens is 225 g/mol. The highest BCUT2D eigenvalue weighted by Crippen LogP contribution is 2.22. The van der Waals surface area contributed by atoms with Gasteiger partial charge in [0.15, 0.2) is 0 Å². The molecule has 0 bridgehead atoms. The van der Waals surface area contributed by atoms with Gasteiger partial charge < -0.3 is 10.1 Å². The Morgan fingerprint density at radius 3 is 2.21 bits per heavy atom. The van der Waals surface area contributed by atoms with Gasteiger partial charge in [-0.1, -0.05) is 12.1 Å². The molecule has 0 atom stereocenters. The first-order valence-corrected chi connectivity index (χ1v) is 3.46. The number of aromatic amines is 1. The van der Waals surface area contributed by atoms with Crippen LogP contribution in [-0.2, 0) is 0 Å². The van der Waals surface area contributed by atoms with Crippen LogP contribution in [0.2, 0.25) is 0 Å². The first-order chi connectivity index (χ1) is 5.88. The highest BCUT2D eigenvalue weighted by Gasteiger charge is 1.97. The van der Waals surface area contributed by atoms with E-state index in [-0.39, 0.29) is 24.8 Å². The number of nitrogens with one attached hydrogen (secondary N) is 1. The summed E-state index contributed by atoms with van der Waals surface area (Å²) in [5, 5.41) is 10.1. The molecule has 6 N–H and O–H groups in total. The molecule has 1 aromatic heterocycles. The second-order valence-corrected chi connectivity index (χ2v) is 2.22. The number of rotatable bonds is 0. The molecule has 6 heteroatoms. The second kappa shape index (κ2) is 7.46. The Bertz CT molecular complexity index is 364. The van der Waals surface area contributed by atoms with Crippen LogP contribution in [0.4, 0.5) is 0 Å². The Morgan fingerprint density at radius 2 is 1.64 bits per heavy atom. The van der Waals surface area contributed by atoms with E-state index in [0.29, 0.717) is 5.75 Å². The number of H-pyrrole nitrogens is 1. The quantitative estimate of drug-likeness (QED) is 0.414. The van der Waals surface area contributed by atoms with Crippen LogP contribution in [0.5, 0.6) is 5.75 Å². The predicted octanol–water partition coefficient (Wildman–Crippen LogP) is 1.54. The third-order valence-corrected chi connectivity index (χ3v) is 1.57. The standard InChI is InChI=1S/C8H7NO.2ClH.H4N2/c10-8-5-9-7-4-2-1-3-6(7)8;;;1-2/h1-5,9-10H;2*1H;1-2H2. The molecule has 0 saturated heterocycles. The fourth-order valence-electron chi connectivity index (χ4n) is 1.06. The third kappa shape index (κ3) is 3.08. The van der Waals surface area contributed by atoms with Gasteiger partial charge in [-0.25, -0.2) is 0 Å². The van der Waals surface area contributed by atoms with E-state index in [9.17, 15) is 5.11 Å². The Kier molecular flexibility index (Phi) is 8.28. The average Bonchev–Trinajstić information content (AvgIpc) is 2.53. The highest BCUT2D eigenvalue weighted by atomic mass is 35.5. The Hall–Kier alpha value is -0.940. The SMILES string of the molecule is Cl.Cl.NN.Oc1c[nH]c2ccccc12. The fourth-order valence-corrected chi connectivity index (χ4v) is 1.06. The van der Waals surface area contributed by atoms with Crippen molar-refractivity contribution in [1.29, 1.82) is 0 Å². The minimum Gasteiger partial charge on any atom is -0.506 e. The largest absolute Gasteiger partial charge is 0.506 e. The van der Waals surface area contributed by atoms with Gasteiger partial charge in [-0.05, 0) is 12.1 Å². The van der Waals surface area contributed by atoms with Crippen molar-refractivity contribution in [1.82, 2.24) is 4.98 Å². The zero-order valence-electron chi connectivity index (χ0n) is 7.31. The Morgan fingerprint density at radius 1 is 1.07 bits per heavy atom. The zero-order chi connectivity index (χ0) is 8.97. The van der Waals surface area contributed by atoms with Crippen LogP contribution in [-0.4, -0.2) is 10.1 Å². The van der Waals surface area contributed by atoms with E-state index in [4.69, 9.17) is 0 Å². The Labute approximate surface area is 94.1 Å². The molecule has 4 nitrogen and oxygen atoms in total. The van der Waals surface area contributed by atoms with Crippen LogP contribution in [0.3, 0.4) is 0 Å². The summed E-state index contributed by atoms with van der Waals surface area (Å²) in [4.78, 5) is 2.94. The molecular formula is C8H13Cl2N3O. The fraction of sp³-hybridized carbons (Fsp3) is 0. The number of aromatic hydroxyl groups is 1. The molecule has 0 saturated carbocycles. The summed E-state index contributed by atoms with van der Waals surface area (Å²) in [5.41, 5.74) is 0.972. The van der Waals surface area contributed by atoms with Crippen molar-refractivity contribution in [2.24, 2.45) is 11.7 Å². The number of para-hydroxylation sites is 1. The van der Waals surface area contributed by atoms with Crippen molar-refractivity contribution in [2.75, 3.05) is 0 Å². The van der Waals surface area contributed by atoms with Gasteiger partial charge in [0.25, 0.3) is 0 Å². The molecule has 1 aromatic carbocycles. The number of aromatic nitrogens is 1. The molecule has 2 rings (SSSR count). The zero-order valence-corrected chi connectivity index (χ0v) is 8.94. The van der Waals surface area contributed by atoms with Crippen molar-refractivity contribution >= 4 is 35.7 Å². The second-order valence-electron chi connectivity index (χ2n) is 2.22. The maximum atomic E-state index is 9.18. The number of nitrogens with two attached hydrogens (primary N) is 2. The van der Waals surface area contributed by atoms with Crippen molar-refractivity contribution in [2.45, 2.75) is 0 Å². The highest BCUT2D eigenvalue weighted by molar-refractivity contribution is 5.86. The third-order valence-electron chi connectivity index (χ3n) is 1.57. The molecule has 0 aliphatic carbocycles. The molecule has 0 spiro atoms. The van der Waals surface area contributed by atoms with E-state index < -0.39 is 0 Å². The van der Waals surface area contributed by atoms with Gasteiger partial charge in [0.1, 0.15) is 5.75 Å². The predicted molar refractivity (Wildman–Crippen MR) is 62.8 cm³/mol. The van der Waals surface area contributed by atoms with E-state index in [1.807, 2.05) is 24.3 Å². The van der Waals surface area contributed by atoms with Crippen LogP contribution < -0.4 is 11.7 Å². The summed E-state index contributed by atoms with van der Waals surface area (Å²) >= 11 is 0. The number of halogens is 2. The lowest BCUT2D eigenvalue weighted by Crippen LogP contribution is -2.02. The monoisotopic (exact) mass is 237 g/mol. The van der Waals surface area contributed by atoms with Crippen LogP contribution in [0.1, 0.15) is 0 Å². The summed E-state index contributed by atoms with van der Waals surface area (Å²) < 4.78 is 0. The van der Waals surface area contributed by atoms with E-state index in [1.165, 1.54) is 0 Å². The van der Waals surface area contributed by atoms with Gasteiger partial charge in [0.2, 0.25) is 0 Å². The molecule has 1 heterocycles. The normalized spacial score (nSPS) is 7.86. The summed E-state index contributed by atoms with van der Waals surface area (Å²) in [7, 11) is 0. The number of fused-ring (bicyclic) bond motifs is 1. The van der Waals surface area contributed by atoms with Gasteiger partial charge in [-0.3, -0.25) is 11.7 Å². The van der Waals surface area contributed by atoms with E-state index in [1.54, 1.807) is 6.20 Å². The number of hydrogen-bond acceptors (Lipinski definition) is 3. The van der Waals surface area contributed by atoms with Gasteiger partial charge >= 0.3 is 0 Å². The molecule has 80 valence electrons. The molecule has 0 fully saturated rings. The molecule has 0 aliphatic heterocycles.